The van der Waals surface area contributed by atoms with Crippen molar-refractivity contribution in [1.82, 2.24) is 9.80 Å². The molecule has 0 bridgehead atoms. The second-order valence-corrected chi connectivity index (χ2v) is 2.44. The Hall–Kier alpha value is -0.660. The second kappa shape index (κ2) is 1.69. The van der Waals surface area contributed by atoms with Gasteiger partial charge in [-0.1, -0.05) is 0 Å². The molecule has 1 fully saturated rings. The van der Waals surface area contributed by atoms with Crippen LogP contribution in [0.2, 0.25) is 0 Å². The Kier molecular flexibility index (Phi) is 1.16. The molecule has 1 aliphatic rings. The lowest BCUT2D eigenvalue weighted by Gasteiger charge is -2.00. The molecule has 0 unspecified atom stereocenters. The number of hydrogen-bond acceptors (Lipinski definition) is 2. The van der Waals surface area contributed by atoms with Gasteiger partial charge in [0.05, 0.1) is 6.54 Å². The molecule has 0 radical (unpaired) electrons. The van der Waals surface area contributed by atoms with Gasteiger partial charge in [0.1, 0.15) is 0 Å². The standard InChI is InChI=1S/C6H12N2/c1-7(2)4-6-5-8(6)3/h4H,5H2,1-3H3/b6-4-. The van der Waals surface area contributed by atoms with E-state index in [-0.39, 0.29) is 0 Å². The summed E-state index contributed by atoms with van der Waals surface area (Å²) in [6, 6.07) is 0. The Morgan fingerprint density at radius 1 is 1.62 bits per heavy atom. The van der Waals surface area contributed by atoms with Gasteiger partial charge < -0.3 is 9.80 Å². The van der Waals surface area contributed by atoms with E-state index in [0.717, 1.165) is 6.54 Å². The molecule has 1 rings (SSSR count). The first-order chi connectivity index (χ1) is 3.70. The van der Waals surface area contributed by atoms with E-state index in [4.69, 9.17) is 0 Å². The number of hydrogen-bond donors (Lipinski definition) is 0. The Morgan fingerprint density at radius 2 is 2.12 bits per heavy atom. The maximum absolute atomic E-state index is 2.21. The molecule has 8 heavy (non-hydrogen) atoms. The van der Waals surface area contributed by atoms with Gasteiger partial charge in [0.2, 0.25) is 0 Å². The summed E-state index contributed by atoms with van der Waals surface area (Å²) in [6.45, 7) is 1.15. The Morgan fingerprint density at radius 3 is 2.25 bits per heavy atom. The van der Waals surface area contributed by atoms with Crippen molar-refractivity contribution < 1.29 is 0 Å². The molecule has 0 aromatic heterocycles. The van der Waals surface area contributed by atoms with E-state index in [1.807, 2.05) is 14.1 Å². The normalized spacial score (nSPS) is 21.9. The molecule has 0 aromatic carbocycles. The molecule has 1 aliphatic heterocycles. The van der Waals surface area contributed by atoms with Crippen LogP contribution in [0.3, 0.4) is 0 Å². The molecule has 1 saturated heterocycles. The van der Waals surface area contributed by atoms with E-state index >= 15 is 0 Å². The number of nitrogens with zero attached hydrogens (tertiary/aromatic N) is 2. The van der Waals surface area contributed by atoms with Crippen LogP contribution < -0.4 is 0 Å². The first-order valence-electron chi connectivity index (χ1n) is 2.78. The van der Waals surface area contributed by atoms with Crippen LogP contribution in [-0.4, -0.2) is 37.5 Å². The van der Waals surface area contributed by atoms with Gasteiger partial charge in [0.15, 0.2) is 0 Å². The number of likely N-dealkylation sites (N-methyl/N-ethyl adjacent to an activating group) is 1. The molecule has 2 nitrogen and oxygen atoms in total. The largest absolute Gasteiger partial charge is 0.382 e. The van der Waals surface area contributed by atoms with Crippen molar-refractivity contribution in [3.63, 3.8) is 0 Å². The first-order valence-corrected chi connectivity index (χ1v) is 2.78. The van der Waals surface area contributed by atoms with E-state index in [1.54, 1.807) is 0 Å². The summed E-state index contributed by atoms with van der Waals surface area (Å²) in [6.07, 6.45) is 2.14. The predicted octanol–water partition coefficient (Wildman–Crippen LogP) is 0.335. The molecule has 0 amide bonds. The lowest BCUT2D eigenvalue weighted by Crippen LogP contribution is -2.00. The second-order valence-electron chi connectivity index (χ2n) is 2.44. The minimum absolute atomic E-state index is 1.15. The van der Waals surface area contributed by atoms with Crippen molar-refractivity contribution >= 4 is 0 Å². The zero-order valence-electron chi connectivity index (χ0n) is 5.68. The van der Waals surface area contributed by atoms with Crippen molar-refractivity contribution in [3.8, 4) is 0 Å². The van der Waals surface area contributed by atoms with Crippen LogP contribution in [0.5, 0.6) is 0 Å². The zero-order chi connectivity index (χ0) is 6.15. The highest BCUT2D eigenvalue weighted by molar-refractivity contribution is 5.15. The van der Waals surface area contributed by atoms with E-state index in [0.29, 0.717) is 0 Å². The molecular formula is C6H12N2. The highest BCUT2D eigenvalue weighted by atomic mass is 15.3. The molecule has 0 aliphatic carbocycles. The summed E-state index contributed by atoms with van der Waals surface area (Å²) in [7, 11) is 6.17. The molecule has 0 saturated carbocycles. The maximum atomic E-state index is 2.21. The monoisotopic (exact) mass is 112 g/mol. The molecule has 0 spiro atoms. The minimum atomic E-state index is 1.15. The highest BCUT2D eigenvalue weighted by Gasteiger charge is 2.18. The number of rotatable bonds is 1. The van der Waals surface area contributed by atoms with E-state index < -0.39 is 0 Å². The third-order valence-electron chi connectivity index (χ3n) is 1.19. The van der Waals surface area contributed by atoms with Crippen molar-refractivity contribution in [3.05, 3.63) is 11.9 Å². The quantitative estimate of drug-likeness (QED) is 0.451. The van der Waals surface area contributed by atoms with Crippen LogP contribution in [0.15, 0.2) is 11.9 Å². The first kappa shape index (κ1) is 5.48. The molecule has 2 heteroatoms. The summed E-state index contributed by atoms with van der Waals surface area (Å²) < 4.78 is 0. The predicted molar refractivity (Wildman–Crippen MR) is 34.4 cm³/mol. The third kappa shape index (κ3) is 1.15. The van der Waals surface area contributed by atoms with Gasteiger partial charge in [-0.25, -0.2) is 0 Å². The Bertz CT molecular complexity index is 116. The van der Waals surface area contributed by atoms with Crippen molar-refractivity contribution in [2.24, 2.45) is 0 Å². The van der Waals surface area contributed by atoms with Crippen LogP contribution in [0.4, 0.5) is 0 Å². The topological polar surface area (TPSA) is 6.25 Å². The summed E-state index contributed by atoms with van der Waals surface area (Å²) in [4.78, 5) is 4.28. The van der Waals surface area contributed by atoms with Crippen LogP contribution in [0.1, 0.15) is 0 Å². The molecule has 1 heterocycles. The lowest BCUT2D eigenvalue weighted by atomic mass is 10.6. The SMILES string of the molecule is CN(C)/C=C1/CN1C. The Labute approximate surface area is 50.4 Å². The molecule has 0 aromatic rings. The fourth-order valence-electron chi connectivity index (χ4n) is 0.645. The van der Waals surface area contributed by atoms with Crippen LogP contribution in [0, 0.1) is 0 Å². The summed E-state index contributed by atoms with van der Waals surface area (Å²) in [5.41, 5.74) is 1.43. The van der Waals surface area contributed by atoms with Crippen molar-refractivity contribution in [1.29, 1.82) is 0 Å². The molecule has 0 N–H and O–H groups in total. The van der Waals surface area contributed by atoms with Gasteiger partial charge in [0.25, 0.3) is 0 Å². The van der Waals surface area contributed by atoms with Gasteiger partial charge in [0, 0.05) is 33.0 Å². The van der Waals surface area contributed by atoms with E-state index in [9.17, 15) is 0 Å². The summed E-state index contributed by atoms with van der Waals surface area (Å²) in [5, 5.41) is 0. The van der Waals surface area contributed by atoms with Gasteiger partial charge in [-0.3, -0.25) is 0 Å². The summed E-state index contributed by atoms with van der Waals surface area (Å²) >= 11 is 0. The van der Waals surface area contributed by atoms with Gasteiger partial charge >= 0.3 is 0 Å². The zero-order valence-corrected chi connectivity index (χ0v) is 5.68. The van der Waals surface area contributed by atoms with Gasteiger partial charge in [-0.2, -0.15) is 0 Å². The van der Waals surface area contributed by atoms with E-state index in [1.165, 1.54) is 5.70 Å². The van der Waals surface area contributed by atoms with Gasteiger partial charge in [-0.15, -0.1) is 0 Å². The molecule has 0 atom stereocenters. The average Bonchev–Trinajstić information content (AvgIpc) is 2.17. The average molecular weight is 112 g/mol. The Balaban J connectivity index is 2.36. The highest BCUT2D eigenvalue weighted by Crippen LogP contribution is 2.17. The third-order valence-corrected chi connectivity index (χ3v) is 1.19. The lowest BCUT2D eigenvalue weighted by molar-refractivity contribution is 0.555. The van der Waals surface area contributed by atoms with Crippen LogP contribution in [-0.2, 0) is 0 Å². The minimum Gasteiger partial charge on any atom is -0.382 e. The fourth-order valence-corrected chi connectivity index (χ4v) is 0.645. The van der Waals surface area contributed by atoms with Crippen LogP contribution >= 0.6 is 0 Å². The van der Waals surface area contributed by atoms with Crippen molar-refractivity contribution in [2.45, 2.75) is 0 Å². The van der Waals surface area contributed by atoms with E-state index in [2.05, 4.69) is 23.0 Å². The molecular weight excluding hydrogens is 100 g/mol. The maximum Gasteiger partial charge on any atom is 0.0588 e. The molecule has 46 valence electrons. The smallest absolute Gasteiger partial charge is 0.0588 e. The van der Waals surface area contributed by atoms with Crippen LogP contribution in [0.25, 0.3) is 0 Å². The summed E-state index contributed by atoms with van der Waals surface area (Å²) in [5.74, 6) is 0. The van der Waals surface area contributed by atoms with Gasteiger partial charge in [-0.05, 0) is 0 Å². The van der Waals surface area contributed by atoms with Crippen molar-refractivity contribution in [2.75, 3.05) is 27.7 Å². The fraction of sp³-hybridized carbons (Fsp3) is 0.667.